The molecule has 2 N–H and O–H groups in total. The molecule has 3 nitrogen and oxygen atoms in total. The second-order valence-corrected chi connectivity index (χ2v) is 5.80. The monoisotopic (exact) mass is 297 g/mol. The summed E-state index contributed by atoms with van der Waals surface area (Å²) >= 11 is 0. The fourth-order valence-corrected chi connectivity index (χ4v) is 2.21. The summed E-state index contributed by atoms with van der Waals surface area (Å²) in [4.78, 5) is 11.9. The summed E-state index contributed by atoms with van der Waals surface area (Å²) < 4.78 is 5.26. The van der Waals surface area contributed by atoms with Crippen LogP contribution in [-0.4, -0.2) is 12.0 Å². The quantitative estimate of drug-likeness (QED) is 0.831. The molecular weight excluding hydrogens is 274 g/mol. The predicted molar refractivity (Wildman–Crippen MR) is 88.4 cm³/mol. The van der Waals surface area contributed by atoms with Crippen LogP contribution < -0.4 is 5.73 Å². The smallest absolute Gasteiger partial charge is 0.323 e. The molecule has 2 rings (SSSR count). The Hall–Kier alpha value is -2.13. The Morgan fingerprint density at radius 3 is 2.23 bits per heavy atom. The molecule has 0 amide bonds. The third-order valence-electron chi connectivity index (χ3n) is 3.63. The zero-order valence-corrected chi connectivity index (χ0v) is 13.2. The number of benzene rings is 2. The molecular formula is C19H23NO2. The topological polar surface area (TPSA) is 52.3 Å². The van der Waals surface area contributed by atoms with Gasteiger partial charge >= 0.3 is 5.97 Å². The third kappa shape index (κ3) is 4.71. The largest absolute Gasteiger partial charge is 0.460 e. The lowest BCUT2D eigenvalue weighted by atomic mass is 9.99. The van der Waals surface area contributed by atoms with Gasteiger partial charge in [-0.2, -0.15) is 0 Å². The molecule has 0 unspecified atom stereocenters. The van der Waals surface area contributed by atoms with Gasteiger partial charge < -0.3 is 10.5 Å². The first-order valence-corrected chi connectivity index (χ1v) is 7.61. The van der Waals surface area contributed by atoms with Crippen molar-refractivity contribution in [3.8, 4) is 0 Å². The minimum absolute atomic E-state index is 0.264. The molecule has 2 aromatic carbocycles. The molecule has 0 radical (unpaired) electrons. The molecule has 2 aromatic rings. The molecule has 0 fully saturated rings. The van der Waals surface area contributed by atoms with Crippen molar-refractivity contribution in [2.24, 2.45) is 5.73 Å². The van der Waals surface area contributed by atoms with Gasteiger partial charge in [-0.15, -0.1) is 0 Å². The van der Waals surface area contributed by atoms with E-state index >= 15 is 0 Å². The number of hydrogen-bond acceptors (Lipinski definition) is 3. The first-order valence-electron chi connectivity index (χ1n) is 7.61. The number of carbonyl (C=O) groups excluding carboxylic acids is 1. The van der Waals surface area contributed by atoms with Gasteiger partial charge in [0.15, 0.2) is 0 Å². The van der Waals surface area contributed by atoms with Crippen LogP contribution >= 0.6 is 0 Å². The van der Waals surface area contributed by atoms with Crippen LogP contribution in [0.1, 0.15) is 36.5 Å². The Kier molecular flexibility index (Phi) is 5.73. The molecule has 22 heavy (non-hydrogen) atoms. The van der Waals surface area contributed by atoms with Gasteiger partial charge in [0.1, 0.15) is 12.6 Å². The first kappa shape index (κ1) is 16.2. The number of rotatable bonds is 6. The van der Waals surface area contributed by atoms with Crippen LogP contribution in [0.2, 0.25) is 0 Å². The third-order valence-corrected chi connectivity index (χ3v) is 3.63. The van der Waals surface area contributed by atoms with Crippen molar-refractivity contribution in [2.75, 3.05) is 0 Å². The molecule has 3 heteroatoms. The van der Waals surface area contributed by atoms with Crippen LogP contribution in [0.15, 0.2) is 54.6 Å². The Morgan fingerprint density at radius 1 is 1.00 bits per heavy atom. The molecule has 0 aliphatic heterocycles. The molecule has 116 valence electrons. The minimum atomic E-state index is -0.631. The number of carbonyl (C=O) groups is 1. The van der Waals surface area contributed by atoms with Gasteiger partial charge in [0.05, 0.1) is 0 Å². The molecule has 0 heterocycles. The summed E-state index contributed by atoms with van der Waals surface area (Å²) in [6, 6.07) is 17.2. The van der Waals surface area contributed by atoms with E-state index in [1.807, 2.05) is 42.5 Å². The van der Waals surface area contributed by atoms with Crippen molar-refractivity contribution in [1.82, 2.24) is 0 Å². The number of ether oxygens (including phenoxy) is 1. The second kappa shape index (κ2) is 7.76. The van der Waals surface area contributed by atoms with Crippen molar-refractivity contribution in [3.63, 3.8) is 0 Å². The molecule has 1 atom stereocenters. The second-order valence-electron chi connectivity index (χ2n) is 5.80. The van der Waals surface area contributed by atoms with E-state index in [4.69, 9.17) is 10.5 Å². The number of esters is 1. The maximum absolute atomic E-state index is 11.9. The Labute approximate surface area is 132 Å². The summed E-state index contributed by atoms with van der Waals surface area (Å²) in [7, 11) is 0. The highest BCUT2D eigenvalue weighted by atomic mass is 16.5. The van der Waals surface area contributed by atoms with Crippen molar-refractivity contribution in [1.29, 1.82) is 0 Å². The minimum Gasteiger partial charge on any atom is -0.460 e. The average Bonchev–Trinajstić information content (AvgIpc) is 2.54. The number of hydrogen-bond donors (Lipinski definition) is 1. The summed E-state index contributed by atoms with van der Waals surface area (Å²) in [5, 5.41) is 0. The predicted octanol–water partition coefficient (Wildman–Crippen LogP) is 3.42. The summed E-state index contributed by atoms with van der Waals surface area (Å²) in [6.45, 7) is 4.57. The normalized spacial score (nSPS) is 12.2. The van der Waals surface area contributed by atoms with E-state index in [1.54, 1.807) is 0 Å². The van der Waals surface area contributed by atoms with Gasteiger partial charge in [-0.3, -0.25) is 4.79 Å². The van der Waals surface area contributed by atoms with Gasteiger partial charge in [-0.1, -0.05) is 68.4 Å². The van der Waals surface area contributed by atoms with Crippen LogP contribution in [0.5, 0.6) is 0 Å². The van der Waals surface area contributed by atoms with Crippen molar-refractivity contribution < 1.29 is 9.53 Å². The van der Waals surface area contributed by atoms with Gasteiger partial charge in [0, 0.05) is 0 Å². The van der Waals surface area contributed by atoms with E-state index < -0.39 is 6.04 Å². The van der Waals surface area contributed by atoms with E-state index in [0.717, 1.165) is 11.1 Å². The summed E-state index contributed by atoms with van der Waals surface area (Å²) in [6.07, 6.45) is 0.492. The van der Waals surface area contributed by atoms with E-state index in [0.29, 0.717) is 12.3 Å². The molecule has 0 aromatic heterocycles. The zero-order chi connectivity index (χ0) is 15.9. The lowest BCUT2D eigenvalue weighted by molar-refractivity contribution is -0.146. The first-order chi connectivity index (χ1) is 10.6. The molecule has 0 saturated carbocycles. The summed E-state index contributed by atoms with van der Waals surface area (Å²) in [5.74, 6) is 0.135. The SMILES string of the molecule is CC(C)c1ccc(C[C@H](N)C(=O)OCc2ccccc2)cc1. The highest BCUT2D eigenvalue weighted by molar-refractivity contribution is 5.75. The van der Waals surface area contributed by atoms with E-state index in [2.05, 4.69) is 26.0 Å². The summed E-state index contributed by atoms with van der Waals surface area (Å²) in [5.41, 5.74) is 9.23. The van der Waals surface area contributed by atoms with E-state index in [-0.39, 0.29) is 12.6 Å². The highest BCUT2D eigenvalue weighted by Crippen LogP contribution is 2.15. The van der Waals surface area contributed by atoms with Gasteiger partial charge in [0.2, 0.25) is 0 Å². The van der Waals surface area contributed by atoms with Gasteiger partial charge in [0.25, 0.3) is 0 Å². The van der Waals surface area contributed by atoms with Gasteiger partial charge in [-0.05, 0) is 29.0 Å². The molecule has 0 aliphatic rings. The Morgan fingerprint density at radius 2 is 1.64 bits per heavy atom. The van der Waals surface area contributed by atoms with Crippen molar-refractivity contribution in [3.05, 3.63) is 71.3 Å². The van der Waals surface area contributed by atoms with Gasteiger partial charge in [-0.25, -0.2) is 0 Å². The zero-order valence-electron chi connectivity index (χ0n) is 13.2. The fraction of sp³-hybridized carbons (Fsp3) is 0.316. The number of nitrogens with two attached hydrogens (primary N) is 1. The lowest BCUT2D eigenvalue weighted by Gasteiger charge is -2.12. The van der Waals surface area contributed by atoms with Crippen molar-refractivity contribution in [2.45, 2.75) is 38.8 Å². The molecule has 0 spiro atoms. The van der Waals surface area contributed by atoms with Crippen LogP contribution in [0, 0.1) is 0 Å². The standard InChI is InChI=1S/C19H23NO2/c1-14(2)17-10-8-15(9-11-17)12-18(20)19(21)22-13-16-6-4-3-5-7-16/h3-11,14,18H,12-13,20H2,1-2H3/t18-/m0/s1. The maximum atomic E-state index is 11.9. The lowest BCUT2D eigenvalue weighted by Crippen LogP contribution is -2.34. The van der Waals surface area contributed by atoms with E-state index in [1.165, 1.54) is 5.56 Å². The Bertz CT molecular complexity index is 591. The molecule has 0 saturated heterocycles. The van der Waals surface area contributed by atoms with Crippen molar-refractivity contribution >= 4 is 5.97 Å². The highest BCUT2D eigenvalue weighted by Gasteiger charge is 2.15. The fourth-order valence-electron chi connectivity index (χ4n) is 2.21. The van der Waals surface area contributed by atoms with Crippen LogP contribution in [0.25, 0.3) is 0 Å². The van der Waals surface area contributed by atoms with Crippen LogP contribution in [0.4, 0.5) is 0 Å². The van der Waals surface area contributed by atoms with E-state index in [9.17, 15) is 4.79 Å². The van der Waals surface area contributed by atoms with Crippen LogP contribution in [-0.2, 0) is 22.6 Å². The average molecular weight is 297 g/mol. The van der Waals surface area contributed by atoms with Crippen LogP contribution in [0.3, 0.4) is 0 Å². The maximum Gasteiger partial charge on any atom is 0.323 e. The molecule has 0 bridgehead atoms. The Balaban J connectivity index is 1.85. The molecule has 0 aliphatic carbocycles.